The zero-order chi connectivity index (χ0) is 8.11. The lowest BCUT2D eigenvalue weighted by Crippen LogP contribution is -2.16. The van der Waals surface area contributed by atoms with Crippen LogP contribution in [0.25, 0.3) is 0 Å². The molecule has 0 nitrogen and oxygen atoms in total. The zero-order valence-electron chi connectivity index (χ0n) is 7.49. The first-order chi connectivity index (χ1) is 5.12. The first-order valence-electron chi connectivity index (χ1n) is 4.68. The van der Waals surface area contributed by atoms with Crippen LogP contribution in [0, 0.1) is 16.7 Å². The minimum absolute atomic E-state index is 0.614. The quantitative estimate of drug-likeness (QED) is 0.532. The van der Waals surface area contributed by atoms with Gasteiger partial charge in [0, 0.05) is 5.88 Å². The molecule has 0 bridgehead atoms. The summed E-state index contributed by atoms with van der Waals surface area (Å²) in [6.07, 6.45) is 5.67. The van der Waals surface area contributed by atoms with E-state index in [1.807, 2.05) is 0 Å². The monoisotopic (exact) mass is 172 g/mol. The molecule has 2 aliphatic rings. The summed E-state index contributed by atoms with van der Waals surface area (Å²) in [5.41, 5.74) is 1.29. The Morgan fingerprint density at radius 2 is 2.09 bits per heavy atom. The maximum Gasteiger partial charge on any atom is 0.0257 e. The van der Waals surface area contributed by atoms with Crippen LogP contribution in [0.3, 0.4) is 0 Å². The number of hydrogen-bond donors (Lipinski definition) is 0. The first-order valence-corrected chi connectivity index (χ1v) is 5.22. The number of halogens is 1. The van der Waals surface area contributed by atoms with E-state index in [1.165, 1.54) is 25.7 Å². The lowest BCUT2D eigenvalue weighted by atomic mass is 9.87. The van der Waals surface area contributed by atoms with Crippen LogP contribution in [-0.4, -0.2) is 5.88 Å². The third-order valence-electron chi connectivity index (χ3n) is 4.12. The van der Waals surface area contributed by atoms with E-state index >= 15 is 0 Å². The van der Waals surface area contributed by atoms with Crippen molar-refractivity contribution in [3.05, 3.63) is 0 Å². The molecular weight excluding hydrogens is 156 g/mol. The Balaban J connectivity index is 2.15. The molecule has 0 N–H and O–H groups in total. The van der Waals surface area contributed by atoms with Crippen LogP contribution in [-0.2, 0) is 0 Å². The van der Waals surface area contributed by atoms with Gasteiger partial charge in [-0.15, -0.1) is 11.6 Å². The summed E-state index contributed by atoms with van der Waals surface area (Å²) in [4.78, 5) is 0. The second-order valence-corrected chi connectivity index (χ2v) is 5.27. The molecule has 1 heteroatoms. The zero-order valence-corrected chi connectivity index (χ0v) is 8.25. The fourth-order valence-corrected chi connectivity index (χ4v) is 3.69. The Bertz CT molecular complexity index is 170. The van der Waals surface area contributed by atoms with Crippen molar-refractivity contribution in [3.63, 3.8) is 0 Å². The van der Waals surface area contributed by atoms with E-state index in [9.17, 15) is 0 Å². The lowest BCUT2D eigenvalue weighted by molar-refractivity contribution is 0.310. The molecule has 0 amide bonds. The molecule has 2 atom stereocenters. The molecule has 0 aromatic carbocycles. The highest BCUT2D eigenvalue weighted by atomic mass is 35.5. The predicted molar refractivity (Wildman–Crippen MR) is 48.9 cm³/mol. The van der Waals surface area contributed by atoms with Gasteiger partial charge in [-0.05, 0) is 36.0 Å². The summed E-state index contributed by atoms with van der Waals surface area (Å²) in [6.45, 7) is 4.80. The number of alkyl halides is 1. The van der Waals surface area contributed by atoms with E-state index in [-0.39, 0.29) is 0 Å². The highest BCUT2D eigenvalue weighted by molar-refractivity contribution is 6.18. The highest BCUT2D eigenvalue weighted by Crippen LogP contribution is 2.73. The van der Waals surface area contributed by atoms with Gasteiger partial charge in [0.25, 0.3) is 0 Å². The van der Waals surface area contributed by atoms with Crippen molar-refractivity contribution < 1.29 is 0 Å². The van der Waals surface area contributed by atoms with Gasteiger partial charge in [-0.2, -0.15) is 0 Å². The van der Waals surface area contributed by atoms with Crippen molar-refractivity contribution in [3.8, 4) is 0 Å². The molecular formula is C10H17Cl. The van der Waals surface area contributed by atoms with Crippen LogP contribution in [0.1, 0.15) is 39.5 Å². The van der Waals surface area contributed by atoms with Gasteiger partial charge < -0.3 is 0 Å². The van der Waals surface area contributed by atoms with Crippen LogP contribution >= 0.6 is 11.6 Å². The summed E-state index contributed by atoms with van der Waals surface area (Å²) >= 11 is 5.96. The van der Waals surface area contributed by atoms with Crippen LogP contribution in [0.2, 0.25) is 0 Å². The third kappa shape index (κ3) is 0.884. The number of hydrogen-bond acceptors (Lipinski definition) is 0. The average Bonchev–Trinajstić information content (AvgIpc) is 2.38. The minimum Gasteiger partial charge on any atom is -0.126 e. The molecule has 2 aliphatic carbocycles. The molecule has 64 valence electrons. The normalized spacial score (nSPS) is 46.6. The molecule has 2 saturated carbocycles. The van der Waals surface area contributed by atoms with Crippen LogP contribution in [0.5, 0.6) is 0 Å². The fourth-order valence-electron chi connectivity index (χ4n) is 3.24. The fraction of sp³-hybridized carbons (Fsp3) is 1.00. The van der Waals surface area contributed by atoms with E-state index in [2.05, 4.69) is 13.8 Å². The summed E-state index contributed by atoms with van der Waals surface area (Å²) in [5.74, 6) is 1.72. The Labute approximate surface area is 74.3 Å². The smallest absolute Gasteiger partial charge is 0.0257 e. The molecule has 2 unspecified atom stereocenters. The molecule has 0 aromatic rings. The molecule has 0 aromatic heterocycles. The van der Waals surface area contributed by atoms with Gasteiger partial charge in [-0.1, -0.05) is 20.3 Å². The molecule has 0 radical (unpaired) electrons. The molecule has 0 saturated heterocycles. The topological polar surface area (TPSA) is 0 Å². The van der Waals surface area contributed by atoms with Crippen molar-refractivity contribution in [2.45, 2.75) is 39.5 Å². The van der Waals surface area contributed by atoms with Crippen LogP contribution < -0.4 is 0 Å². The molecule has 1 spiro atoms. The maximum absolute atomic E-state index is 5.96. The Morgan fingerprint density at radius 3 is 2.45 bits per heavy atom. The van der Waals surface area contributed by atoms with Gasteiger partial charge in [0.15, 0.2) is 0 Å². The van der Waals surface area contributed by atoms with E-state index in [1.54, 1.807) is 0 Å². The number of rotatable bonds is 1. The van der Waals surface area contributed by atoms with Gasteiger partial charge in [-0.25, -0.2) is 0 Å². The van der Waals surface area contributed by atoms with Crippen LogP contribution in [0.4, 0.5) is 0 Å². The Morgan fingerprint density at radius 1 is 1.45 bits per heavy atom. The molecule has 2 rings (SSSR count). The second kappa shape index (κ2) is 2.16. The van der Waals surface area contributed by atoms with Crippen LogP contribution in [0.15, 0.2) is 0 Å². The van der Waals surface area contributed by atoms with Gasteiger partial charge in [0.2, 0.25) is 0 Å². The van der Waals surface area contributed by atoms with Gasteiger partial charge in [0.1, 0.15) is 0 Å². The summed E-state index contributed by atoms with van der Waals surface area (Å²) in [7, 11) is 0. The Hall–Kier alpha value is 0.290. The van der Waals surface area contributed by atoms with Crippen molar-refractivity contribution in [2.75, 3.05) is 5.88 Å². The summed E-state index contributed by atoms with van der Waals surface area (Å²) in [6, 6.07) is 0. The van der Waals surface area contributed by atoms with Gasteiger partial charge in [0.05, 0.1) is 0 Å². The molecule has 0 heterocycles. The van der Waals surface area contributed by atoms with E-state index in [0.29, 0.717) is 10.8 Å². The standard InChI is InChI=1S/C10H17Cl/c1-9(2)7-10(9)5-3-4-8(10)6-11/h8H,3-7H2,1-2H3. The first kappa shape index (κ1) is 7.91. The van der Waals surface area contributed by atoms with Crippen molar-refractivity contribution in [1.82, 2.24) is 0 Å². The minimum atomic E-state index is 0.614. The van der Waals surface area contributed by atoms with Gasteiger partial charge >= 0.3 is 0 Å². The van der Waals surface area contributed by atoms with Crippen molar-refractivity contribution in [1.29, 1.82) is 0 Å². The average molecular weight is 173 g/mol. The lowest BCUT2D eigenvalue weighted by Gasteiger charge is -2.20. The molecule has 2 fully saturated rings. The third-order valence-corrected chi connectivity index (χ3v) is 4.50. The second-order valence-electron chi connectivity index (χ2n) is 4.96. The SMILES string of the molecule is CC1(C)CC12CCCC2CCl. The maximum atomic E-state index is 5.96. The van der Waals surface area contributed by atoms with E-state index < -0.39 is 0 Å². The van der Waals surface area contributed by atoms with E-state index in [0.717, 1.165) is 11.8 Å². The molecule has 0 aliphatic heterocycles. The largest absolute Gasteiger partial charge is 0.126 e. The Kier molecular flexibility index (Phi) is 1.55. The van der Waals surface area contributed by atoms with E-state index in [4.69, 9.17) is 11.6 Å². The van der Waals surface area contributed by atoms with Gasteiger partial charge in [-0.3, -0.25) is 0 Å². The predicted octanol–water partition coefficient (Wildman–Crippen LogP) is 3.44. The summed E-state index contributed by atoms with van der Waals surface area (Å²) < 4.78 is 0. The molecule has 11 heavy (non-hydrogen) atoms. The highest BCUT2D eigenvalue weighted by Gasteiger charge is 2.65. The van der Waals surface area contributed by atoms with Crippen molar-refractivity contribution >= 4 is 11.6 Å². The van der Waals surface area contributed by atoms with Crippen molar-refractivity contribution in [2.24, 2.45) is 16.7 Å². The summed E-state index contributed by atoms with van der Waals surface area (Å²) in [5, 5.41) is 0.